The van der Waals surface area contributed by atoms with Crippen LogP contribution in [0.3, 0.4) is 0 Å². The summed E-state index contributed by atoms with van der Waals surface area (Å²) in [6, 6.07) is 0. The van der Waals surface area contributed by atoms with Crippen molar-refractivity contribution in [1.29, 1.82) is 0 Å². The molecule has 0 atom stereocenters. The van der Waals surface area contributed by atoms with E-state index < -0.39 is 0 Å². The fraction of sp³-hybridized carbons (Fsp3) is 0.875. The molecule has 0 aromatic heterocycles. The van der Waals surface area contributed by atoms with Crippen molar-refractivity contribution < 1.29 is 11.0 Å². The van der Waals surface area contributed by atoms with Gasteiger partial charge in [0.15, 0.2) is 0 Å². The van der Waals surface area contributed by atoms with E-state index in [9.17, 15) is 0 Å². The highest BCUT2D eigenvalue weighted by Gasteiger charge is 2.19. The van der Waals surface area contributed by atoms with E-state index in [1.54, 1.807) is 0 Å². The standard InChI is InChI=1S/C16H32N4.2BrH.2H2O/c1-13-11-15(3,4)19-10-8-18-14(2)12-16(5,6)20-9-7-17-13;;;;/h19-20H,7-12H2,1-6H3;2*1H;2*1H2. The van der Waals surface area contributed by atoms with Crippen LogP contribution in [0.25, 0.3) is 0 Å². The number of hydrogen-bond acceptors (Lipinski definition) is 4. The SMILES string of the molecule is Br.Br.CC1=NCCNC(C)(C)CC(C)=NCCNC(C)(C)C1.O.O. The zero-order valence-electron chi connectivity index (χ0n) is 16.0. The maximum atomic E-state index is 4.68. The van der Waals surface area contributed by atoms with Gasteiger partial charge in [-0.25, -0.2) is 0 Å². The fourth-order valence-electron chi connectivity index (χ4n) is 2.80. The summed E-state index contributed by atoms with van der Waals surface area (Å²) in [7, 11) is 0. The van der Waals surface area contributed by atoms with Crippen LogP contribution in [0.5, 0.6) is 0 Å². The lowest BCUT2D eigenvalue weighted by atomic mass is 9.97. The Labute approximate surface area is 168 Å². The van der Waals surface area contributed by atoms with E-state index in [1.165, 1.54) is 11.4 Å². The predicted octanol–water partition coefficient (Wildman–Crippen LogP) is 1.94. The van der Waals surface area contributed by atoms with Gasteiger partial charge in [-0.05, 0) is 41.5 Å². The predicted molar refractivity (Wildman–Crippen MR) is 117 cm³/mol. The molecule has 0 saturated heterocycles. The maximum Gasteiger partial charge on any atom is 0.0513 e. The molecule has 0 unspecified atom stereocenters. The Hall–Kier alpha value is 0.140. The van der Waals surface area contributed by atoms with E-state index in [0.29, 0.717) is 0 Å². The van der Waals surface area contributed by atoms with Gasteiger partial charge in [-0.2, -0.15) is 0 Å². The highest BCUT2D eigenvalue weighted by atomic mass is 79.9. The van der Waals surface area contributed by atoms with Gasteiger partial charge in [0.05, 0.1) is 13.1 Å². The molecule has 1 aliphatic rings. The Bertz CT molecular complexity index is 350. The second-order valence-electron chi connectivity index (χ2n) is 7.21. The molecule has 24 heavy (non-hydrogen) atoms. The number of rotatable bonds is 0. The van der Waals surface area contributed by atoms with Crippen LogP contribution in [0.1, 0.15) is 54.4 Å². The second-order valence-corrected chi connectivity index (χ2v) is 7.21. The fourth-order valence-corrected chi connectivity index (χ4v) is 2.80. The van der Waals surface area contributed by atoms with Crippen LogP contribution in [-0.4, -0.2) is 59.6 Å². The van der Waals surface area contributed by atoms with Crippen molar-refractivity contribution in [2.24, 2.45) is 9.98 Å². The highest BCUT2D eigenvalue weighted by molar-refractivity contribution is 8.93. The van der Waals surface area contributed by atoms with Crippen molar-refractivity contribution in [3.05, 3.63) is 0 Å². The van der Waals surface area contributed by atoms with Gasteiger partial charge in [-0.15, -0.1) is 34.0 Å². The lowest BCUT2D eigenvalue weighted by molar-refractivity contribution is 0.398. The average Bonchev–Trinajstić information content (AvgIpc) is 2.28. The Morgan fingerprint density at radius 1 is 0.708 bits per heavy atom. The van der Waals surface area contributed by atoms with E-state index in [1.807, 2.05) is 0 Å². The van der Waals surface area contributed by atoms with Crippen LogP contribution in [0.4, 0.5) is 0 Å². The number of hydrogen-bond donors (Lipinski definition) is 2. The van der Waals surface area contributed by atoms with E-state index in [-0.39, 0.29) is 56.0 Å². The van der Waals surface area contributed by atoms with E-state index >= 15 is 0 Å². The van der Waals surface area contributed by atoms with Gasteiger partial charge in [-0.1, -0.05) is 0 Å². The maximum absolute atomic E-state index is 4.68. The third-order valence-electron chi connectivity index (χ3n) is 3.59. The van der Waals surface area contributed by atoms with Crippen molar-refractivity contribution in [3.8, 4) is 0 Å². The molecule has 0 radical (unpaired) electrons. The van der Waals surface area contributed by atoms with Gasteiger partial charge in [0.1, 0.15) is 0 Å². The number of nitrogens with one attached hydrogen (secondary N) is 2. The molecular formula is C16H38Br2N4O2. The average molecular weight is 478 g/mol. The summed E-state index contributed by atoms with van der Waals surface area (Å²) >= 11 is 0. The molecule has 0 fully saturated rings. The molecule has 6 N–H and O–H groups in total. The summed E-state index contributed by atoms with van der Waals surface area (Å²) in [5.74, 6) is 0. The molecule has 148 valence electrons. The van der Waals surface area contributed by atoms with Crippen molar-refractivity contribution in [2.45, 2.75) is 65.5 Å². The summed E-state index contributed by atoms with van der Waals surface area (Å²) in [6.07, 6.45) is 1.97. The van der Waals surface area contributed by atoms with Crippen molar-refractivity contribution >= 4 is 45.4 Å². The Morgan fingerprint density at radius 3 is 1.29 bits per heavy atom. The molecule has 0 aromatic rings. The number of aliphatic imine (C=N–C) groups is 2. The summed E-state index contributed by atoms with van der Waals surface area (Å²) in [5.41, 5.74) is 2.62. The minimum atomic E-state index is 0. The van der Waals surface area contributed by atoms with E-state index in [4.69, 9.17) is 0 Å². The lowest BCUT2D eigenvalue weighted by Crippen LogP contribution is -2.44. The van der Waals surface area contributed by atoms with E-state index in [2.05, 4.69) is 62.2 Å². The van der Waals surface area contributed by atoms with Crippen molar-refractivity contribution in [3.63, 3.8) is 0 Å². The molecule has 0 spiro atoms. The van der Waals surface area contributed by atoms with Gasteiger partial charge in [-0.3, -0.25) is 9.98 Å². The minimum absolute atomic E-state index is 0. The first-order chi connectivity index (χ1) is 9.20. The van der Waals surface area contributed by atoms with Gasteiger partial charge in [0, 0.05) is 48.4 Å². The zero-order valence-corrected chi connectivity index (χ0v) is 19.4. The third-order valence-corrected chi connectivity index (χ3v) is 3.59. The van der Waals surface area contributed by atoms with Crippen LogP contribution in [0.2, 0.25) is 0 Å². The van der Waals surface area contributed by atoms with Crippen LogP contribution in [0, 0.1) is 0 Å². The van der Waals surface area contributed by atoms with Crippen molar-refractivity contribution in [1.82, 2.24) is 10.6 Å². The van der Waals surface area contributed by atoms with Gasteiger partial charge in [0.25, 0.3) is 0 Å². The molecule has 0 saturated carbocycles. The largest absolute Gasteiger partial charge is 0.412 e. The third kappa shape index (κ3) is 14.5. The van der Waals surface area contributed by atoms with Crippen LogP contribution in [-0.2, 0) is 0 Å². The van der Waals surface area contributed by atoms with Gasteiger partial charge >= 0.3 is 0 Å². The first-order valence-corrected chi connectivity index (χ1v) is 7.70. The van der Waals surface area contributed by atoms with Crippen LogP contribution >= 0.6 is 34.0 Å². The van der Waals surface area contributed by atoms with E-state index in [0.717, 1.165) is 39.0 Å². The summed E-state index contributed by atoms with van der Waals surface area (Å²) in [5, 5.41) is 7.16. The number of nitrogens with zero attached hydrogens (tertiary/aromatic N) is 2. The molecular weight excluding hydrogens is 440 g/mol. The zero-order chi connectivity index (χ0) is 15.2. The molecule has 8 heteroatoms. The quantitative estimate of drug-likeness (QED) is 0.555. The first kappa shape index (κ1) is 31.9. The first-order valence-electron chi connectivity index (χ1n) is 7.70. The highest BCUT2D eigenvalue weighted by Crippen LogP contribution is 2.11. The number of halogens is 2. The molecule has 0 aromatic carbocycles. The topological polar surface area (TPSA) is 112 Å². The lowest BCUT2D eigenvalue weighted by Gasteiger charge is -2.28. The second kappa shape index (κ2) is 14.3. The monoisotopic (exact) mass is 476 g/mol. The minimum Gasteiger partial charge on any atom is -0.412 e. The Morgan fingerprint density at radius 2 is 1.00 bits per heavy atom. The molecule has 0 bridgehead atoms. The molecule has 1 aliphatic heterocycles. The molecule has 0 amide bonds. The van der Waals surface area contributed by atoms with Gasteiger partial charge < -0.3 is 21.6 Å². The molecule has 1 rings (SSSR count). The smallest absolute Gasteiger partial charge is 0.0513 e. The summed E-state index contributed by atoms with van der Waals surface area (Å²) in [4.78, 5) is 9.35. The molecule has 1 heterocycles. The summed E-state index contributed by atoms with van der Waals surface area (Å²) in [6.45, 7) is 16.7. The van der Waals surface area contributed by atoms with Crippen LogP contribution < -0.4 is 10.6 Å². The van der Waals surface area contributed by atoms with Crippen LogP contribution in [0.15, 0.2) is 9.98 Å². The van der Waals surface area contributed by atoms with Crippen molar-refractivity contribution in [2.75, 3.05) is 26.2 Å². The summed E-state index contributed by atoms with van der Waals surface area (Å²) < 4.78 is 0. The normalized spacial score (nSPS) is 21.1. The molecule has 0 aliphatic carbocycles. The Kier molecular flexibility index (Phi) is 19.0. The molecule has 6 nitrogen and oxygen atoms in total. The van der Waals surface area contributed by atoms with Gasteiger partial charge in [0.2, 0.25) is 0 Å². The Balaban J connectivity index is -0.000000500.